The number of nitrogens with zero attached hydrogens (tertiary/aromatic N) is 2. The van der Waals surface area contributed by atoms with Crippen LogP contribution in [-0.4, -0.2) is 15.8 Å². The van der Waals surface area contributed by atoms with Crippen LogP contribution in [0, 0.1) is 0 Å². The lowest BCUT2D eigenvalue weighted by molar-refractivity contribution is 0.111. The summed E-state index contributed by atoms with van der Waals surface area (Å²) < 4.78 is 1.95. The van der Waals surface area contributed by atoms with Crippen molar-refractivity contribution in [2.24, 2.45) is 0 Å². The van der Waals surface area contributed by atoms with Crippen LogP contribution in [0.15, 0.2) is 6.20 Å². The molecule has 1 aromatic heterocycles. The number of carbonyl (C=O) groups is 1. The van der Waals surface area contributed by atoms with Gasteiger partial charge in [0, 0.05) is 23.9 Å². The van der Waals surface area contributed by atoms with Crippen LogP contribution in [-0.2, 0) is 12.0 Å². The Morgan fingerprint density at radius 3 is 2.54 bits per heavy atom. The lowest BCUT2D eigenvalue weighted by Gasteiger charge is -2.20. The molecule has 0 fully saturated rings. The Balaban J connectivity index is 3.23. The van der Waals surface area contributed by atoms with Crippen LogP contribution in [0.5, 0.6) is 0 Å². The Bertz CT molecular complexity index is 307. The van der Waals surface area contributed by atoms with Gasteiger partial charge in [-0.1, -0.05) is 20.8 Å². The molecule has 0 aliphatic carbocycles. The van der Waals surface area contributed by atoms with E-state index in [-0.39, 0.29) is 5.41 Å². The summed E-state index contributed by atoms with van der Waals surface area (Å²) in [6.07, 6.45) is 2.59. The van der Waals surface area contributed by atoms with E-state index in [2.05, 4.69) is 25.8 Å². The van der Waals surface area contributed by atoms with Crippen molar-refractivity contribution in [2.75, 3.05) is 0 Å². The Morgan fingerprint density at radius 1 is 1.54 bits per heavy atom. The van der Waals surface area contributed by atoms with Gasteiger partial charge in [0.1, 0.15) is 0 Å². The van der Waals surface area contributed by atoms with Crippen LogP contribution in [0.3, 0.4) is 0 Å². The fourth-order valence-electron chi connectivity index (χ4n) is 1.41. The van der Waals surface area contributed by atoms with E-state index >= 15 is 0 Å². The van der Waals surface area contributed by atoms with Crippen molar-refractivity contribution in [2.45, 2.75) is 39.7 Å². The Labute approximate surface area is 78.8 Å². The molecular formula is C10H16N2O. The number of imidazole rings is 1. The second-order valence-electron chi connectivity index (χ2n) is 4.11. The minimum absolute atomic E-state index is 0.0459. The maximum absolute atomic E-state index is 10.6. The third-order valence-electron chi connectivity index (χ3n) is 2.08. The number of aldehydes is 1. The van der Waals surface area contributed by atoms with Gasteiger partial charge in [0.25, 0.3) is 0 Å². The number of rotatable bonds is 2. The van der Waals surface area contributed by atoms with E-state index < -0.39 is 0 Å². The summed E-state index contributed by atoms with van der Waals surface area (Å²) in [7, 11) is 0. The van der Waals surface area contributed by atoms with Crippen LogP contribution >= 0.6 is 0 Å². The highest BCUT2D eigenvalue weighted by Gasteiger charge is 2.20. The van der Waals surface area contributed by atoms with Crippen molar-refractivity contribution in [3.8, 4) is 0 Å². The fourth-order valence-corrected chi connectivity index (χ4v) is 1.41. The van der Waals surface area contributed by atoms with Crippen molar-refractivity contribution < 1.29 is 4.79 Å². The van der Waals surface area contributed by atoms with Gasteiger partial charge in [-0.2, -0.15) is 0 Å². The Morgan fingerprint density at radius 2 is 2.15 bits per heavy atom. The molecule has 0 N–H and O–H groups in total. The van der Waals surface area contributed by atoms with Crippen molar-refractivity contribution in [3.05, 3.63) is 17.7 Å². The maximum atomic E-state index is 10.6. The van der Waals surface area contributed by atoms with Crippen LogP contribution < -0.4 is 0 Å². The highest BCUT2D eigenvalue weighted by molar-refractivity contribution is 5.69. The molecule has 0 aliphatic rings. The zero-order chi connectivity index (χ0) is 10.1. The van der Waals surface area contributed by atoms with Gasteiger partial charge in [0.2, 0.25) is 0 Å². The largest absolute Gasteiger partial charge is 0.326 e. The summed E-state index contributed by atoms with van der Waals surface area (Å²) in [5.41, 5.74) is 1.15. The summed E-state index contributed by atoms with van der Waals surface area (Å²) in [4.78, 5) is 14.7. The molecule has 0 bridgehead atoms. The first-order valence-electron chi connectivity index (χ1n) is 4.52. The smallest absolute Gasteiger partial charge is 0.185 e. The molecule has 13 heavy (non-hydrogen) atoms. The van der Waals surface area contributed by atoms with Crippen molar-refractivity contribution >= 4 is 6.29 Å². The minimum Gasteiger partial charge on any atom is -0.326 e. The van der Waals surface area contributed by atoms with Gasteiger partial charge >= 0.3 is 0 Å². The Kier molecular flexibility index (Phi) is 2.55. The summed E-state index contributed by atoms with van der Waals surface area (Å²) in [6, 6.07) is 0. The van der Waals surface area contributed by atoms with Gasteiger partial charge in [-0.25, -0.2) is 4.98 Å². The first kappa shape index (κ1) is 9.96. The lowest BCUT2D eigenvalue weighted by Crippen LogP contribution is -2.18. The monoisotopic (exact) mass is 180 g/mol. The first-order valence-corrected chi connectivity index (χ1v) is 4.52. The van der Waals surface area contributed by atoms with Gasteiger partial charge in [0.15, 0.2) is 12.1 Å². The standard InChI is InChI=1S/C10H16N2O/c1-5-12-8(10(2,3)4)6-11-9(12)7-13/h6-7H,5H2,1-4H3. The molecule has 1 heterocycles. The van der Waals surface area contributed by atoms with Gasteiger partial charge < -0.3 is 4.57 Å². The third kappa shape index (κ3) is 1.79. The molecule has 1 rings (SSSR count). The van der Waals surface area contributed by atoms with Crippen LogP contribution in [0.2, 0.25) is 0 Å². The van der Waals surface area contributed by atoms with Crippen LogP contribution in [0.25, 0.3) is 0 Å². The molecule has 0 unspecified atom stereocenters. The fraction of sp³-hybridized carbons (Fsp3) is 0.600. The van der Waals surface area contributed by atoms with Gasteiger partial charge in [-0.3, -0.25) is 4.79 Å². The molecule has 0 saturated carbocycles. The van der Waals surface area contributed by atoms with E-state index in [1.165, 1.54) is 0 Å². The molecular weight excluding hydrogens is 164 g/mol. The second kappa shape index (κ2) is 3.32. The van der Waals surface area contributed by atoms with Gasteiger partial charge in [0.05, 0.1) is 0 Å². The van der Waals surface area contributed by atoms with Gasteiger partial charge in [-0.05, 0) is 6.92 Å². The molecule has 0 amide bonds. The number of hydrogen-bond donors (Lipinski definition) is 0. The molecule has 0 aliphatic heterocycles. The highest BCUT2D eigenvalue weighted by atomic mass is 16.1. The molecule has 3 heteroatoms. The van der Waals surface area contributed by atoms with E-state index in [1.54, 1.807) is 6.20 Å². The van der Waals surface area contributed by atoms with E-state index in [9.17, 15) is 4.79 Å². The highest BCUT2D eigenvalue weighted by Crippen LogP contribution is 2.22. The average molecular weight is 180 g/mol. The van der Waals surface area contributed by atoms with E-state index in [0.717, 1.165) is 18.5 Å². The average Bonchev–Trinajstić information content (AvgIpc) is 2.45. The molecule has 0 aromatic carbocycles. The second-order valence-corrected chi connectivity index (χ2v) is 4.11. The minimum atomic E-state index is 0.0459. The summed E-state index contributed by atoms with van der Waals surface area (Å²) in [5, 5.41) is 0. The van der Waals surface area contributed by atoms with E-state index in [4.69, 9.17) is 0 Å². The maximum Gasteiger partial charge on any atom is 0.185 e. The van der Waals surface area contributed by atoms with Crippen molar-refractivity contribution in [1.82, 2.24) is 9.55 Å². The Hall–Kier alpha value is -1.12. The SMILES string of the molecule is CCn1c(C(C)(C)C)cnc1C=O. The van der Waals surface area contributed by atoms with Crippen LogP contribution in [0.4, 0.5) is 0 Å². The first-order chi connectivity index (χ1) is 6.00. The predicted molar refractivity (Wildman–Crippen MR) is 52.0 cm³/mol. The predicted octanol–water partition coefficient (Wildman–Crippen LogP) is 2.01. The van der Waals surface area contributed by atoms with Crippen molar-refractivity contribution in [1.29, 1.82) is 0 Å². The normalized spacial score (nSPS) is 11.7. The molecule has 72 valence electrons. The number of hydrogen-bond acceptors (Lipinski definition) is 2. The molecule has 0 radical (unpaired) electrons. The summed E-state index contributed by atoms with van der Waals surface area (Å²) in [5.74, 6) is 0.521. The molecule has 0 atom stereocenters. The molecule has 0 spiro atoms. The van der Waals surface area contributed by atoms with Crippen LogP contribution in [0.1, 0.15) is 44.0 Å². The lowest BCUT2D eigenvalue weighted by atomic mass is 9.92. The molecule has 0 saturated heterocycles. The third-order valence-corrected chi connectivity index (χ3v) is 2.08. The number of aromatic nitrogens is 2. The van der Waals surface area contributed by atoms with Crippen molar-refractivity contribution in [3.63, 3.8) is 0 Å². The zero-order valence-corrected chi connectivity index (χ0v) is 8.66. The zero-order valence-electron chi connectivity index (χ0n) is 8.66. The van der Waals surface area contributed by atoms with Gasteiger partial charge in [-0.15, -0.1) is 0 Å². The van der Waals surface area contributed by atoms with E-state index in [0.29, 0.717) is 5.82 Å². The van der Waals surface area contributed by atoms with E-state index in [1.807, 2.05) is 11.5 Å². The molecule has 1 aromatic rings. The number of carbonyl (C=O) groups excluding carboxylic acids is 1. The summed E-state index contributed by atoms with van der Waals surface area (Å²) in [6.45, 7) is 9.16. The quantitative estimate of drug-likeness (QED) is 0.652. The topological polar surface area (TPSA) is 34.9 Å². The molecule has 3 nitrogen and oxygen atoms in total. The summed E-state index contributed by atoms with van der Waals surface area (Å²) >= 11 is 0.